The van der Waals surface area contributed by atoms with E-state index >= 15 is 0 Å². The molecule has 1 aromatic heterocycles. The second kappa shape index (κ2) is 9.77. The summed E-state index contributed by atoms with van der Waals surface area (Å²) in [6.07, 6.45) is 2.22. The van der Waals surface area contributed by atoms with Crippen LogP contribution < -0.4 is 4.90 Å². The zero-order chi connectivity index (χ0) is 23.5. The van der Waals surface area contributed by atoms with E-state index < -0.39 is 0 Å². The number of para-hydroxylation sites is 3. The third-order valence-corrected chi connectivity index (χ3v) is 6.95. The summed E-state index contributed by atoms with van der Waals surface area (Å²) in [5.41, 5.74) is 2.72. The summed E-state index contributed by atoms with van der Waals surface area (Å²) in [5.74, 6) is 0.965. The van der Waals surface area contributed by atoms with Gasteiger partial charge in [0.2, 0.25) is 11.8 Å². The lowest BCUT2D eigenvalue weighted by Crippen LogP contribution is -2.46. The van der Waals surface area contributed by atoms with Crippen molar-refractivity contribution in [3.63, 3.8) is 0 Å². The normalized spacial score (nSPS) is 18.0. The van der Waals surface area contributed by atoms with Crippen LogP contribution in [0.3, 0.4) is 0 Å². The Morgan fingerprint density at radius 3 is 2.33 bits per heavy atom. The van der Waals surface area contributed by atoms with E-state index in [0.29, 0.717) is 13.0 Å². The van der Waals surface area contributed by atoms with E-state index in [1.807, 2.05) is 69.0 Å². The van der Waals surface area contributed by atoms with Crippen molar-refractivity contribution in [2.75, 3.05) is 11.4 Å². The Morgan fingerprint density at radius 1 is 1.03 bits per heavy atom. The number of rotatable bonds is 8. The molecule has 1 fully saturated rings. The smallest absolute Gasteiger partial charge is 0.243 e. The van der Waals surface area contributed by atoms with Crippen molar-refractivity contribution in [2.24, 2.45) is 0 Å². The van der Waals surface area contributed by atoms with Gasteiger partial charge in [0, 0.05) is 36.7 Å². The third-order valence-electron chi connectivity index (χ3n) is 6.95. The number of aromatic nitrogens is 2. The molecular formula is C27H34N4O2. The minimum Gasteiger partial charge on any atom is -0.336 e. The number of carbonyl (C=O) groups is 2. The molecule has 6 nitrogen and oxygen atoms in total. The van der Waals surface area contributed by atoms with Gasteiger partial charge in [-0.3, -0.25) is 9.59 Å². The number of hydrogen-bond donors (Lipinski definition) is 0. The lowest BCUT2D eigenvalue weighted by molar-refractivity contribution is -0.136. The molecule has 6 heteroatoms. The molecule has 0 bridgehead atoms. The number of carbonyl (C=O) groups excluding carboxylic acids is 2. The molecule has 0 N–H and O–H groups in total. The molecule has 1 aliphatic heterocycles. The lowest BCUT2D eigenvalue weighted by Gasteiger charge is -2.34. The van der Waals surface area contributed by atoms with Gasteiger partial charge in [-0.05, 0) is 51.0 Å². The molecule has 3 atom stereocenters. The number of hydrogen-bond acceptors (Lipinski definition) is 3. The molecule has 2 heterocycles. The van der Waals surface area contributed by atoms with Crippen LogP contribution in [0.4, 0.5) is 5.69 Å². The van der Waals surface area contributed by atoms with Gasteiger partial charge in [0.1, 0.15) is 12.4 Å². The van der Waals surface area contributed by atoms with Crippen LogP contribution in [0.1, 0.15) is 58.7 Å². The van der Waals surface area contributed by atoms with Crippen molar-refractivity contribution < 1.29 is 9.59 Å². The highest BCUT2D eigenvalue weighted by molar-refractivity contribution is 5.96. The zero-order valence-electron chi connectivity index (χ0n) is 20.1. The minimum absolute atomic E-state index is 0.0569. The second-order valence-corrected chi connectivity index (χ2v) is 9.10. The first-order valence-electron chi connectivity index (χ1n) is 12.1. The second-order valence-electron chi connectivity index (χ2n) is 9.10. The van der Waals surface area contributed by atoms with Gasteiger partial charge in [-0.1, -0.05) is 44.2 Å². The number of fused-ring (bicyclic) bond motifs is 1. The van der Waals surface area contributed by atoms with Gasteiger partial charge in [0.05, 0.1) is 11.0 Å². The molecule has 174 valence electrons. The first kappa shape index (κ1) is 23.0. The Balaban J connectivity index is 1.68. The molecule has 4 rings (SSSR count). The van der Waals surface area contributed by atoms with Crippen LogP contribution in [0.25, 0.3) is 11.0 Å². The summed E-state index contributed by atoms with van der Waals surface area (Å²) in [4.78, 5) is 35.2. The van der Waals surface area contributed by atoms with Crippen molar-refractivity contribution in [2.45, 2.75) is 71.5 Å². The summed E-state index contributed by atoms with van der Waals surface area (Å²) in [7, 11) is 0. The number of benzene rings is 2. The minimum atomic E-state index is -0.0569. The summed E-state index contributed by atoms with van der Waals surface area (Å²) in [6.45, 7) is 9.28. The van der Waals surface area contributed by atoms with Gasteiger partial charge in [-0.25, -0.2) is 4.98 Å². The molecule has 0 radical (unpaired) electrons. The maximum Gasteiger partial charge on any atom is 0.243 e. The summed E-state index contributed by atoms with van der Waals surface area (Å²) in [5, 5.41) is 0. The fraction of sp³-hybridized carbons (Fsp3) is 0.444. The fourth-order valence-electron chi connectivity index (χ4n) is 4.85. The molecule has 2 aromatic carbocycles. The molecule has 3 aromatic rings. The Labute approximate surface area is 196 Å². The van der Waals surface area contributed by atoms with Gasteiger partial charge in [0.15, 0.2) is 0 Å². The van der Waals surface area contributed by atoms with Crippen LogP contribution in [-0.2, 0) is 16.1 Å². The van der Waals surface area contributed by atoms with Gasteiger partial charge >= 0.3 is 0 Å². The Kier molecular flexibility index (Phi) is 6.82. The van der Waals surface area contributed by atoms with Crippen LogP contribution in [0.2, 0.25) is 0 Å². The number of amides is 2. The van der Waals surface area contributed by atoms with Crippen molar-refractivity contribution in [1.29, 1.82) is 0 Å². The van der Waals surface area contributed by atoms with Gasteiger partial charge in [-0.15, -0.1) is 0 Å². The van der Waals surface area contributed by atoms with Crippen LogP contribution in [0.5, 0.6) is 0 Å². The van der Waals surface area contributed by atoms with Crippen molar-refractivity contribution >= 4 is 28.5 Å². The van der Waals surface area contributed by atoms with Gasteiger partial charge < -0.3 is 14.4 Å². The SMILES string of the molecule is CCC(C)N(C(=O)Cn1c(C2CC(=O)N(c3ccccc3)C2)nc2ccccc21)C(C)CC. The Morgan fingerprint density at radius 2 is 1.67 bits per heavy atom. The van der Waals surface area contributed by atoms with Crippen LogP contribution >= 0.6 is 0 Å². The van der Waals surface area contributed by atoms with E-state index in [9.17, 15) is 9.59 Å². The van der Waals surface area contributed by atoms with E-state index in [4.69, 9.17) is 4.98 Å². The number of anilines is 1. The highest BCUT2D eigenvalue weighted by atomic mass is 16.2. The monoisotopic (exact) mass is 446 g/mol. The highest BCUT2D eigenvalue weighted by Crippen LogP contribution is 2.33. The van der Waals surface area contributed by atoms with E-state index in [-0.39, 0.29) is 36.4 Å². The summed E-state index contributed by atoms with van der Waals surface area (Å²) in [6, 6.07) is 18.1. The number of nitrogens with zero attached hydrogens (tertiary/aromatic N) is 4. The predicted octanol–water partition coefficient (Wildman–Crippen LogP) is 4.98. The van der Waals surface area contributed by atoms with Gasteiger partial charge in [-0.2, -0.15) is 0 Å². The standard InChI is InChI=1S/C27H34N4O2/c1-5-19(3)31(20(4)6-2)26(33)18-30-24-15-11-10-14-23(24)28-27(30)21-16-25(32)29(17-21)22-12-8-7-9-13-22/h7-15,19-21H,5-6,16-18H2,1-4H3. The largest absolute Gasteiger partial charge is 0.336 e. The first-order valence-corrected chi connectivity index (χ1v) is 12.1. The Hall–Kier alpha value is -3.15. The Bertz CT molecular complexity index is 1110. The molecule has 1 aliphatic rings. The topological polar surface area (TPSA) is 58.4 Å². The zero-order valence-corrected chi connectivity index (χ0v) is 20.1. The van der Waals surface area contributed by atoms with Crippen molar-refractivity contribution in [1.82, 2.24) is 14.5 Å². The van der Waals surface area contributed by atoms with Crippen molar-refractivity contribution in [3.05, 3.63) is 60.4 Å². The first-order chi connectivity index (χ1) is 15.9. The molecule has 0 aliphatic carbocycles. The van der Waals surface area contributed by atoms with E-state index in [1.165, 1.54) is 0 Å². The predicted molar refractivity (Wildman–Crippen MR) is 132 cm³/mol. The average molecular weight is 447 g/mol. The fourth-order valence-corrected chi connectivity index (χ4v) is 4.85. The maximum absolute atomic E-state index is 13.6. The van der Waals surface area contributed by atoms with E-state index in [1.54, 1.807) is 0 Å². The molecule has 2 amide bonds. The molecular weight excluding hydrogens is 412 g/mol. The summed E-state index contributed by atoms with van der Waals surface area (Å²) < 4.78 is 2.04. The average Bonchev–Trinajstić information content (AvgIpc) is 3.40. The lowest BCUT2D eigenvalue weighted by atomic mass is 10.1. The third kappa shape index (κ3) is 4.52. The molecule has 0 saturated carbocycles. The molecule has 33 heavy (non-hydrogen) atoms. The van der Waals surface area contributed by atoms with Gasteiger partial charge in [0.25, 0.3) is 0 Å². The van der Waals surface area contributed by atoms with E-state index in [2.05, 4.69) is 27.7 Å². The van der Waals surface area contributed by atoms with E-state index in [0.717, 1.165) is 35.4 Å². The van der Waals surface area contributed by atoms with Crippen LogP contribution in [0, 0.1) is 0 Å². The van der Waals surface area contributed by atoms with Crippen LogP contribution in [0.15, 0.2) is 54.6 Å². The molecule has 1 saturated heterocycles. The molecule has 0 spiro atoms. The molecule has 3 unspecified atom stereocenters. The summed E-state index contributed by atoms with van der Waals surface area (Å²) >= 11 is 0. The number of imidazole rings is 1. The quantitative estimate of drug-likeness (QED) is 0.490. The highest BCUT2D eigenvalue weighted by Gasteiger charge is 2.35. The van der Waals surface area contributed by atoms with Crippen molar-refractivity contribution in [3.8, 4) is 0 Å². The maximum atomic E-state index is 13.6. The van der Waals surface area contributed by atoms with Crippen LogP contribution in [-0.4, -0.2) is 44.9 Å².